The van der Waals surface area contributed by atoms with Crippen LogP contribution >= 0.6 is 0 Å². The zero-order valence-electron chi connectivity index (χ0n) is 9.45. The van der Waals surface area contributed by atoms with E-state index in [1.165, 1.54) is 4.90 Å². The zero-order valence-corrected chi connectivity index (χ0v) is 9.45. The van der Waals surface area contributed by atoms with Crippen LogP contribution in [0.1, 0.15) is 19.3 Å². The maximum atomic E-state index is 12.1. The Labute approximate surface area is 98.8 Å². The molecule has 2 unspecified atom stereocenters. The van der Waals surface area contributed by atoms with Crippen LogP contribution in [-0.4, -0.2) is 57.4 Å². The number of likely N-dealkylation sites (tertiary alicyclic amines) is 1. The topological polar surface area (TPSA) is 98.1 Å². The molecule has 0 bridgehead atoms. The maximum absolute atomic E-state index is 12.1. The van der Waals surface area contributed by atoms with Gasteiger partial charge in [-0.05, 0) is 12.8 Å². The minimum Gasteiger partial charge on any atom is -0.481 e. The number of rotatable bonds is 2. The van der Waals surface area contributed by atoms with Gasteiger partial charge in [0.25, 0.3) is 0 Å². The zero-order chi connectivity index (χ0) is 12.6. The van der Waals surface area contributed by atoms with Gasteiger partial charge in [-0.1, -0.05) is 6.42 Å². The third-order valence-electron chi connectivity index (χ3n) is 3.72. The molecule has 1 aliphatic heterocycles. The number of carboxylic acid groups (broad SMARTS) is 1. The van der Waals surface area contributed by atoms with Crippen LogP contribution in [-0.2, 0) is 9.59 Å². The average Bonchev–Trinajstić information content (AvgIpc) is 2.85. The SMILES string of the molecule is O=C(O)C1CCCC1C(=O)N1C[C@@H](O)[C@@H](O)C1. The van der Waals surface area contributed by atoms with Gasteiger partial charge >= 0.3 is 5.97 Å². The third kappa shape index (κ3) is 2.28. The Hall–Kier alpha value is -1.14. The molecule has 1 saturated carbocycles. The Morgan fingerprint density at radius 3 is 2.06 bits per heavy atom. The van der Waals surface area contributed by atoms with Crippen LogP contribution < -0.4 is 0 Å². The predicted octanol–water partition coefficient (Wildman–Crippen LogP) is -0.949. The molecule has 0 spiro atoms. The smallest absolute Gasteiger partial charge is 0.307 e. The van der Waals surface area contributed by atoms with Crippen LogP contribution in [0.15, 0.2) is 0 Å². The average molecular weight is 243 g/mol. The van der Waals surface area contributed by atoms with Crippen molar-refractivity contribution in [1.82, 2.24) is 4.90 Å². The van der Waals surface area contributed by atoms with E-state index in [1.807, 2.05) is 0 Å². The molecule has 4 atom stereocenters. The second-order valence-corrected chi connectivity index (χ2v) is 4.86. The highest BCUT2D eigenvalue weighted by molar-refractivity contribution is 5.85. The van der Waals surface area contributed by atoms with Gasteiger partial charge in [-0.2, -0.15) is 0 Å². The van der Waals surface area contributed by atoms with Crippen LogP contribution in [0.5, 0.6) is 0 Å². The molecule has 0 radical (unpaired) electrons. The summed E-state index contributed by atoms with van der Waals surface area (Å²) in [5.74, 6) is -2.28. The summed E-state index contributed by atoms with van der Waals surface area (Å²) in [5, 5.41) is 27.8. The standard InChI is InChI=1S/C11H17NO5/c13-8-4-12(5-9(8)14)10(15)6-2-1-3-7(6)11(16)17/h6-9,13-14H,1-5H2,(H,16,17)/t6?,7?,8-,9+. The Bertz CT molecular complexity index is 322. The molecule has 2 rings (SSSR count). The first-order chi connectivity index (χ1) is 8.00. The maximum Gasteiger partial charge on any atom is 0.307 e. The Morgan fingerprint density at radius 2 is 1.53 bits per heavy atom. The number of aliphatic carboxylic acids is 1. The largest absolute Gasteiger partial charge is 0.481 e. The van der Waals surface area contributed by atoms with Crippen LogP contribution in [0.4, 0.5) is 0 Å². The lowest BCUT2D eigenvalue weighted by Crippen LogP contribution is -2.38. The number of hydrogen-bond acceptors (Lipinski definition) is 4. The highest BCUT2D eigenvalue weighted by Crippen LogP contribution is 2.34. The van der Waals surface area contributed by atoms with E-state index in [1.54, 1.807) is 0 Å². The van der Waals surface area contributed by atoms with Crippen molar-refractivity contribution in [3.05, 3.63) is 0 Å². The first-order valence-corrected chi connectivity index (χ1v) is 5.88. The van der Waals surface area contributed by atoms with Gasteiger partial charge in [-0.3, -0.25) is 9.59 Å². The number of aliphatic hydroxyl groups is 2. The van der Waals surface area contributed by atoms with Gasteiger partial charge in [0.15, 0.2) is 0 Å². The molecule has 1 heterocycles. The first kappa shape index (κ1) is 12.3. The lowest BCUT2D eigenvalue weighted by Gasteiger charge is -2.22. The molecular weight excluding hydrogens is 226 g/mol. The van der Waals surface area contributed by atoms with Gasteiger partial charge in [0.1, 0.15) is 0 Å². The van der Waals surface area contributed by atoms with Crippen molar-refractivity contribution in [3.8, 4) is 0 Å². The summed E-state index contributed by atoms with van der Waals surface area (Å²) in [4.78, 5) is 24.5. The quantitative estimate of drug-likeness (QED) is 0.581. The number of amides is 1. The Balaban J connectivity index is 2.03. The fraction of sp³-hybridized carbons (Fsp3) is 0.818. The van der Waals surface area contributed by atoms with E-state index < -0.39 is 30.0 Å². The highest BCUT2D eigenvalue weighted by Gasteiger charge is 2.42. The molecule has 6 heteroatoms. The van der Waals surface area contributed by atoms with Crippen molar-refractivity contribution in [3.63, 3.8) is 0 Å². The molecule has 1 amide bonds. The van der Waals surface area contributed by atoms with Crippen LogP contribution in [0.2, 0.25) is 0 Å². The second kappa shape index (κ2) is 4.62. The van der Waals surface area contributed by atoms with Gasteiger partial charge in [-0.15, -0.1) is 0 Å². The molecule has 17 heavy (non-hydrogen) atoms. The first-order valence-electron chi connectivity index (χ1n) is 5.88. The minimum absolute atomic E-state index is 0.100. The van der Waals surface area contributed by atoms with Crippen molar-refractivity contribution in [2.75, 3.05) is 13.1 Å². The number of hydrogen-bond donors (Lipinski definition) is 3. The molecule has 0 aromatic rings. The number of nitrogens with zero attached hydrogens (tertiary/aromatic N) is 1. The van der Waals surface area contributed by atoms with Gasteiger partial charge in [0.05, 0.1) is 24.0 Å². The van der Waals surface area contributed by atoms with Gasteiger partial charge in [0.2, 0.25) is 5.91 Å². The second-order valence-electron chi connectivity index (χ2n) is 4.86. The molecule has 1 aliphatic carbocycles. The Morgan fingerprint density at radius 1 is 1.00 bits per heavy atom. The highest BCUT2D eigenvalue weighted by atomic mass is 16.4. The number of carboxylic acids is 1. The summed E-state index contributed by atoms with van der Waals surface area (Å²) in [6.45, 7) is 0.200. The van der Waals surface area contributed by atoms with Crippen LogP contribution in [0, 0.1) is 11.8 Å². The van der Waals surface area contributed by atoms with Gasteiger partial charge in [-0.25, -0.2) is 0 Å². The van der Waals surface area contributed by atoms with Gasteiger partial charge < -0.3 is 20.2 Å². The van der Waals surface area contributed by atoms with E-state index >= 15 is 0 Å². The summed E-state index contributed by atoms with van der Waals surface area (Å²) >= 11 is 0. The number of β-amino-alcohol motifs (C(OH)–C–C–N with tert-alkyl or cyclic N) is 2. The molecule has 1 saturated heterocycles. The third-order valence-corrected chi connectivity index (χ3v) is 3.72. The van der Waals surface area contributed by atoms with E-state index in [2.05, 4.69) is 0 Å². The molecule has 2 fully saturated rings. The molecular formula is C11H17NO5. The monoisotopic (exact) mass is 243 g/mol. The predicted molar refractivity (Wildman–Crippen MR) is 57.1 cm³/mol. The van der Waals surface area contributed by atoms with Crippen molar-refractivity contribution in [2.24, 2.45) is 11.8 Å². The summed E-state index contributed by atoms with van der Waals surface area (Å²) < 4.78 is 0. The fourth-order valence-corrected chi connectivity index (χ4v) is 2.74. The summed E-state index contributed by atoms with van der Waals surface area (Å²) in [5.41, 5.74) is 0. The molecule has 6 nitrogen and oxygen atoms in total. The van der Waals surface area contributed by atoms with E-state index in [0.29, 0.717) is 12.8 Å². The summed E-state index contributed by atoms with van der Waals surface area (Å²) in [7, 11) is 0. The number of aliphatic hydroxyl groups excluding tert-OH is 2. The lowest BCUT2D eigenvalue weighted by molar-refractivity contribution is -0.148. The fourth-order valence-electron chi connectivity index (χ4n) is 2.74. The van der Waals surface area contributed by atoms with Crippen molar-refractivity contribution >= 4 is 11.9 Å². The normalized spacial score (nSPS) is 37.4. The van der Waals surface area contributed by atoms with Crippen LogP contribution in [0.25, 0.3) is 0 Å². The number of carbonyl (C=O) groups excluding carboxylic acids is 1. The molecule has 96 valence electrons. The summed E-state index contributed by atoms with van der Waals surface area (Å²) in [6.07, 6.45) is 0.0300. The summed E-state index contributed by atoms with van der Waals surface area (Å²) in [6, 6.07) is 0. The lowest BCUT2D eigenvalue weighted by atomic mass is 9.95. The van der Waals surface area contributed by atoms with Crippen molar-refractivity contribution in [1.29, 1.82) is 0 Å². The molecule has 0 aromatic carbocycles. The molecule has 2 aliphatic rings. The molecule has 3 N–H and O–H groups in total. The van der Waals surface area contributed by atoms with Gasteiger partial charge in [0, 0.05) is 13.1 Å². The van der Waals surface area contributed by atoms with E-state index in [4.69, 9.17) is 5.11 Å². The number of carbonyl (C=O) groups is 2. The van der Waals surface area contributed by atoms with E-state index in [0.717, 1.165) is 6.42 Å². The van der Waals surface area contributed by atoms with Crippen molar-refractivity contribution < 1.29 is 24.9 Å². The minimum atomic E-state index is -0.929. The van der Waals surface area contributed by atoms with Crippen LogP contribution in [0.3, 0.4) is 0 Å². The van der Waals surface area contributed by atoms with E-state index in [-0.39, 0.29) is 19.0 Å². The Kier molecular flexibility index (Phi) is 3.35. The van der Waals surface area contributed by atoms with E-state index in [9.17, 15) is 19.8 Å². The van der Waals surface area contributed by atoms with Crippen molar-refractivity contribution in [2.45, 2.75) is 31.5 Å². The molecule has 0 aromatic heterocycles.